The van der Waals surface area contributed by atoms with Gasteiger partial charge in [-0.2, -0.15) is 23.0 Å². The summed E-state index contributed by atoms with van der Waals surface area (Å²) in [5, 5.41) is 6.79. The zero-order valence-electron chi connectivity index (χ0n) is 13.7. The molecule has 0 aromatic carbocycles. The lowest BCUT2D eigenvalue weighted by Crippen LogP contribution is -2.24. The van der Waals surface area contributed by atoms with Crippen LogP contribution in [0.2, 0.25) is 5.02 Å². The van der Waals surface area contributed by atoms with Crippen molar-refractivity contribution < 1.29 is 13.2 Å². The second-order valence-electron chi connectivity index (χ2n) is 5.49. The summed E-state index contributed by atoms with van der Waals surface area (Å²) in [5.74, 6) is -0.0602. The van der Waals surface area contributed by atoms with Crippen molar-refractivity contribution in [3.8, 4) is 5.82 Å². The van der Waals surface area contributed by atoms with E-state index in [0.717, 1.165) is 22.5 Å². The molecule has 3 aromatic heterocycles. The minimum absolute atomic E-state index is 0.0602. The van der Waals surface area contributed by atoms with E-state index in [1.165, 1.54) is 6.20 Å². The molecule has 0 radical (unpaired) electrons. The summed E-state index contributed by atoms with van der Waals surface area (Å²) < 4.78 is 38.6. The van der Waals surface area contributed by atoms with Crippen LogP contribution in [0.25, 0.3) is 5.82 Å². The second-order valence-corrected chi connectivity index (χ2v) is 5.87. The lowest BCUT2D eigenvalue weighted by Gasteiger charge is -2.10. The molecule has 0 unspecified atom stereocenters. The molecule has 3 rings (SSSR count). The van der Waals surface area contributed by atoms with E-state index in [0.29, 0.717) is 24.8 Å². The number of aromatic nitrogens is 4. The molecule has 0 amide bonds. The first-order valence-electron chi connectivity index (χ1n) is 7.81. The highest BCUT2D eigenvalue weighted by Crippen LogP contribution is 2.28. The van der Waals surface area contributed by atoms with E-state index in [1.54, 1.807) is 6.20 Å². The number of nitrogens with zero attached hydrogens (tertiary/aromatic N) is 4. The molecular weight excluding hydrogens is 383 g/mol. The summed E-state index contributed by atoms with van der Waals surface area (Å²) in [7, 11) is 0. The van der Waals surface area contributed by atoms with Crippen molar-refractivity contribution in [1.82, 2.24) is 19.7 Å². The fourth-order valence-electron chi connectivity index (χ4n) is 2.27. The molecule has 0 saturated heterocycles. The van der Waals surface area contributed by atoms with Gasteiger partial charge in [-0.3, -0.25) is 9.78 Å². The van der Waals surface area contributed by atoms with Crippen LogP contribution in [0.1, 0.15) is 11.3 Å². The lowest BCUT2D eigenvalue weighted by molar-refractivity contribution is -0.137. The molecule has 10 heteroatoms. The molecule has 1 N–H and O–H groups in total. The maximum Gasteiger partial charge on any atom is 0.417 e. The first kappa shape index (κ1) is 18.8. The zero-order valence-corrected chi connectivity index (χ0v) is 14.5. The van der Waals surface area contributed by atoms with Gasteiger partial charge in [-0.25, -0.2) is 4.98 Å². The number of pyridine rings is 2. The van der Waals surface area contributed by atoms with Gasteiger partial charge in [-0.05, 0) is 24.3 Å². The van der Waals surface area contributed by atoms with Gasteiger partial charge in [0.25, 0.3) is 5.56 Å². The highest BCUT2D eigenvalue weighted by molar-refractivity contribution is 6.32. The third-order valence-corrected chi connectivity index (χ3v) is 4.00. The normalized spacial score (nSPS) is 11.4. The molecule has 0 fully saturated rings. The number of halogens is 4. The van der Waals surface area contributed by atoms with Crippen molar-refractivity contribution >= 4 is 17.3 Å². The molecule has 6 nitrogen and oxygen atoms in total. The Hall–Kier alpha value is -2.94. The smallest absolute Gasteiger partial charge is 0.382 e. The van der Waals surface area contributed by atoms with Crippen LogP contribution in [0, 0.1) is 0 Å². The van der Waals surface area contributed by atoms with E-state index >= 15 is 0 Å². The van der Waals surface area contributed by atoms with Crippen molar-refractivity contribution in [2.24, 2.45) is 0 Å². The molecule has 3 aromatic rings. The Balaban J connectivity index is 1.76. The van der Waals surface area contributed by atoms with Crippen LogP contribution < -0.4 is 10.9 Å². The lowest BCUT2D eigenvalue weighted by atomic mass is 10.2. The Morgan fingerprint density at radius 2 is 1.93 bits per heavy atom. The van der Waals surface area contributed by atoms with Gasteiger partial charge in [0.15, 0.2) is 5.82 Å². The van der Waals surface area contributed by atoms with Gasteiger partial charge in [-0.15, -0.1) is 0 Å². The maximum absolute atomic E-state index is 12.6. The van der Waals surface area contributed by atoms with Crippen LogP contribution in [-0.2, 0) is 12.6 Å². The van der Waals surface area contributed by atoms with Crippen molar-refractivity contribution in [2.45, 2.75) is 12.6 Å². The highest BCUT2D eigenvalue weighted by Gasteiger charge is 2.30. The van der Waals surface area contributed by atoms with E-state index in [1.807, 2.05) is 18.2 Å². The van der Waals surface area contributed by atoms with Crippen LogP contribution in [0.5, 0.6) is 0 Å². The van der Waals surface area contributed by atoms with E-state index in [9.17, 15) is 18.0 Å². The summed E-state index contributed by atoms with van der Waals surface area (Å²) in [6, 6.07) is 7.43. The van der Waals surface area contributed by atoms with E-state index in [4.69, 9.17) is 11.6 Å². The summed E-state index contributed by atoms with van der Waals surface area (Å²) in [5.41, 5.74) is -0.415. The molecule has 0 aliphatic rings. The third-order valence-electron chi connectivity index (χ3n) is 3.63. The van der Waals surface area contributed by atoms with Gasteiger partial charge in [0.1, 0.15) is 5.02 Å². The molecule has 0 aliphatic heterocycles. The van der Waals surface area contributed by atoms with Crippen LogP contribution in [0.15, 0.2) is 53.7 Å². The fraction of sp³-hybridized carbons (Fsp3) is 0.176. The number of nitrogens with one attached hydrogen (secondary N) is 1. The molecular formula is C17H13ClF3N5O. The fourth-order valence-corrected chi connectivity index (χ4v) is 2.47. The Bertz CT molecular complexity index is 975. The summed E-state index contributed by atoms with van der Waals surface area (Å²) in [6.07, 6.45) is -0.260. The highest BCUT2D eigenvalue weighted by atomic mass is 35.5. The van der Waals surface area contributed by atoms with Crippen LogP contribution >= 0.6 is 11.6 Å². The molecule has 27 heavy (non-hydrogen) atoms. The molecule has 0 atom stereocenters. The quantitative estimate of drug-likeness (QED) is 0.717. The van der Waals surface area contributed by atoms with Gasteiger partial charge in [0.2, 0.25) is 0 Å². The topological polar surface area (TPSA) is 72.7 Å². The molecule has 3 heterocycles. The average Bonchev–Trinajstić information content (AvgIpc) is 2.66. The summed E-state index contributed by atoms with van der Waals surface area (Å²) in [6.45, 7) is 0.473. The summed E-state index contributed by atoms with van der Waals surface area (Å²) >= 11 is 6.07. The van der Waals surface area contributed by atoms with Crippen molar-refractivity contribution in [2.75, 3.05) is 11.9 Å². The monoisotopic (exact) mass is 395 g/mol. The van der Waals surface area contributed by atoms with Crippen molar-refractivity contribution in [3.63, 3.8) is 0 Å². The number of alkyl halides is 3. The summed E-state index contributed by atoms with van der Waals surface area (Å²) in [4.78, 5) is 20.2. The third kappa shape index (κ3) is 4.43. The Kier molecular flexibility index (Phi) is 5.41. The molecule has 0 bridgehead atoms. The Labute approximate surface area is 156 Å². The second kappa shape index (κ2) is 7.75. The minimum atomic E-state index is -4.51. The number of hydrogen-bond donors (Lipinski definition) is 1. The minimum Gasteiger partial charge on any atom is -0.382 e. The van der Waals surface area contributed by atoms with Crippen molar-refractivity contribution in [3.05, 3.63) is 75.6 Å². The first-order chi connectivity index (χ1) is 12.9. The van der Waals surface area contributed by atoms with E-state index in [-0.39, 0.29) is 10.8 Å². The van der Waals surface area contributed by atoms with Gasteiger partial charge in [0.05, 0.1) is 17.4 Å². The standard InChI is InChI=1S/C17H13ClF3N5O/c18-15-13(23-8-6-12-3-1-2-7-22-12)10-25-26(16(15)27)14-5-4-11(9-24-14)17(19,20)21/h1-5,7,9-10,23H,6,8H2. The zero-order chi connectivity index (χ0) is 19.4. The largest absolute Gasteiger partial charge is 0.417 e. The van der Waals surface area contributed by atoms with Gasteiger partial charge in [-0.1, -0.05) is 17.7 Å². The maximum atomic E-state index is 12.6. The van der Waals surface area contributed by atoms with Crippen LogP contribution in [0.3, 0.4) is 0 Å². The first-order valence-corrected chi connectivity index (χ1v) is 8.19. The Morgan fingerprint density at radius 1 is 1.11 bits per heavy atom. The predicted molar refractivity (Wildman–Crippen MR) is 94.1 cm³/mol. The van der Waals surface area contributed by atoms with E-state index < -0.39 is 17.3 Å². The SMILES string of the molecule is O=c1c(Cl)c(NCCc2ccccn2)cnn1-c1ccc(C(F)(F)F)cn1. The van der Waals surface area contributed by atoms with Gasteiger partial charge >= 0.3 is 6.18 Å². The average molecular weight is 396 g/mol. The number of rotatable bonds is 5. The molecule has 140 valence electrons. The van der Waals surface area contributed by atoms with Gasteiger partial charge in [0, 0.05) is 31.1 Å². The van der Waals surface area contributed by atoms with Gasteiger partial charge < -0.3 is 5.32 Å². The van der Waals surface area contributed by atoms with Crippen LogP contribution in [-0.4, -0.2) is 26.3 Å². The van der Waals surface area contributed by atoms with Crippen LogP contribution in [0.4, 0.5) is 18.9 Å². The molecule has 0 aliphatic carbocycles. The van der Waals surface area contributed by atoms with E-state index in [2.05, 4.69) is 20.4 Å². The molecule has 0 spiro atoms. The predicted octanol–water partition coefficient (Wildman–Crippen LogP) is 3.35. The van der Waals surface area contributed by atoms with Crippen molar-refractivity contribution in [1.29, 1.82) is 0 Å². The number of hydrogen-bond acceptors (Lipinski definition) is 5. The molecule has 0 saturated carbocycles. The Morgan fingerprint density at radius 3 is 2.56 bits per heavy atom. The number of anilines is 1.